The molecule has 0 saturated carbocycles. The summed E-state index contributed by atoms with van der Waals surface area (Å²) in [6, 6.07) is 17.4. The average molecular weight is 563 g/mol. The topological polar surface area (TPSA) is 155 Å². The van der Waals surface area contributed by atoms with Gasteiger partial charge >= 0.3 is 0 Å². The van der Waals surface area contributed by atoms with Crippen molar-refractivity contribution >= 4 is 35.0 Å². The van der Waals surface area contributed by atoms with Gasteiger partial charge in [0, 0.05) is 38.5 Å². The third kappa shape index (κ3) is 9.80. The average Bonchev–Trinajstić information content (AvgIpc) is 3.69. The van der Waals surface area contributed by atoms with Crippen LogP contribution in [0.15, 0.2) is 89.1 Å². The van der Waals surface area contributed by atoms with Crippen molar-refractivity contribution in [1.29, 1.82) is 0 Å². The number of rotatable bonds is 10. The van der Waals surface area contributed by atoms with E-state index in [1.165, 1.54) is 37.6 Å². The molecule has 0 aliphatic rings. The van der Waals surface area contributed by atoms with Crippen molar-refractivity contribution in [3.63, 3.8) is 0 Å². The second-order valence-electron chi connectivity index (χ2n) is 8.41. The summed E-state index contributed by atoms with van der Waals surface area (Å²) in [5.74, 6) is -1.07. The summed E-state index contributed by atoms with van der Waals surface area (Å²) in [5.41, 5.74) is 1.97. The van der Waals surface area contributed by atoms with Crippen LogP contribution in [0.25, 0.3) is 0 Å². The van der Waals surface area contributed by atoms with Gasteiger partial charge in [0.1, 0.15) is 11.3 Å². The highest BCUT2D eigenvalue weighted by Gasteiger charge is 2.25. The molecule has 0 aliphatic heterocycles. The van der Waals surface area contributed by atoms with Crippen molar-refractivity contribution in [2.24, 2.45) is 0 Å². The van der Waals surface area contributed by atoms with Gasteiger partial charge in [-0.2, -0.15) is 0 Å². The maximum Gasteiger partial charge on any atom is 0.252 e. The minimum atomic E-state index is -0.925. The van der Waals surface area contributed by atoms with Crippen LogP contribution in [0.3, 0.4) is 0 Å². The van der Waals surface area contributed by atoms with Gasteiger partial charge in [0.15, 0.2) is 12.1 Å². The number of hydrogen-bond donors (Lipinski definition) is 4. The van der Waals surface area contributed by atoms with Crippen molar-refractivity contribution in [2.75, 3.05) is 0 Å². The van der Waals surface area contributed by atoms with E-state index in [9.17, 15) is 19.2 Å². The molecule has 208 valence electrons. The first kappa shape index (κ1) is 29.7. The van der Waals surface area contributed by atoms with Gasteiger partial charge in [-0.1, -0.05) is 60.7 Å². The number of aromatic nitrogens is 2. The smallest absolute Gasteiger partial charge is 0.252 e. The molecule has 0 aliphatic carbocycles. The van der Waals surface area contributed by atoms with E-state index >= 15 is 0 Å². The fourth-order valence-corrected chi connectivity index (χ4v) is 4.10. The quantitative estimate of drug-likeness (QED) is 0.232. The fourth-order valence-electron chi connectivity index (χ4n) is 3.41. The van der Waals surface area contributed by atoms with Crippen LogP contribution in [0.4, 0.5) is 0 Å². The normalized spacial score (nSPS) is 11.7. The minimum absolute atomic E-state index is 0.158. The summed E-state index contributed by atoms with van der Waals surface area (Å²) in [6.45, 7) is 3.50. The van der Waals surface area contributed by atoms with E-state index in [0.29, 0.717) is 18.1 Å². The molecule has 4 rings (SSSR count). The van der Waals surface area contributed by atoms with Gasteiger partial charge in [-0.25, -0.2) is 9.97 Å². The predicted octanol–water partition coefficient (Wildman–Crippen LogP) is 2.80. The lowest BCUT2D eigenvalue weighted by atomic mass is 10.2. The molecule has 2 aromatic carbocycles. The number of carbonyl (C=O) groups excluding carboxylic acids is 4. The molecule has 4 aromatic rings. The van der Waals surface area contributed by atoms with Gasteiger partial charge < -0.3 is 25.7 Å². The van der Waals surface area contributed by atoms with Gasteiger partial charge in [0.05, 0.1) is 6.20 Å². The maximum atomic E-state index is 12.2. The zero-order valence-electron chi connectivity index (χ0n) is 22.0. The first-order valence-electron chi connectivity index (χ1n) is 12.3. The molecule has 0 saturated heterocycles. The molecule has 2 heterocycles. The summed E-state index contributed by atoms with van der Waals surface area (Å²) < 4.78 is 5.08. The monoisotopic (exact) mass is 562 g/mol. The molecule has 11 nitrogen and oxygen atoms in total. The summed E-state index contributed by atoms with van der Waals surface area (Å²) in [5, 5.41) is 13.0. The van der Waals surface area contributed by atoms with Gasteiger partial charge in [-0.15, -0.1) is 11.3 Å². The number of nitrogens with one attached hydrogen (secondary N) is 4. The van der Waals surface area contributed by atoms with Crippen LogP contribution in [0, 0.1) is 0 Å². The Bertz CT molecular complexity index is 1240. The lowest BCUT2D eigenvalue weighted by Gasteiger charge is -2.15. The Balaban J connectivity index is 0.000000220. The number of hydrogen-bond acceptors (Lipinski definition) is 8. The van der Waals surface area contributed by atoms with Crippen LogP contribution in [0.5, 0.6) is 0 Å². The largest absolute Gasteiger partial charge is 0.446 e. The number of thiazole rings is 1. The zero-order valence-corrected chi connectivity index (χ0v) is 22.8. The van der Waals surface area contributed by atoms with Gasteiger partial charge in [0.2, 0.25) is 23.6 Å². The van der Waals surface area contributed by atoms with Crippen LogP contribution in [-0.2, 0) is 32.3 Å². The second kappa shape index (κ2) is 15.5. The summed E-state index contributed by atoms with van der Waals surface area (Å²) in [7, 11) is 0. The molecule has 4 N–H and O–H groups in total. The Kier molecular flexibility index (Phi) is 11.5. The van der Waals surface area contributed by atoms with Crippen LogP contribution in [0.1, 0.15) is 48.0 Å². The Hall–Kier alpha value is -4.84. The molecule has 4 amide bonds. The SMILES string of the molecule is CC(=O)NC(C(=O)NCc1ccccc1)c1ncco1.CC(=O)NC(C(=O)NCc1ccccc1)c1nccs1. The maximum absolute atomic E-state index is 12.2. The van der Waals surface area contributed by atoms with Crippen LogP contribution in [-0.4, -0.2) is 33.6 Å². The van der Waals surface area contributed by atoms with Crippen LogP contribution < -0.4 is 21.3 Å². The molecule has 12 heteroatoms. The van der Waals surface area contributed by atoms with Crippen molar-refractivity contribution < 1.29 is 23.6 Å². The minimum Gasteiger partial charge on any atom is -0.446 e. The van der Waals surface area contributed by atoms with E-state index in [1.54, 1.807) is 11.6 Å². The molecule has 2 atom stereocenters. The number of benzene rings is 2. The van der Waals surface area contributed by atoms with Crippen LogP contribution in [0.2, 0.25) is 0 Å². The first-order valence-corrected chi connectivity index (χ1v) is 13.2. The van der Waals surface area contributed by atoms with Crippen molar-refractivity contribution in [2.45, 2.75) is 39.0 Å². The van der Waals surface area contributed by atoms with E-state index in [4.69, 9.17) is 4.42 Å². The Labute approximate surface area is 235 Å². The highest BCUT2D eigenvalue weighted by Crippen LogP contribution is 2.16. The van der Waals surface area contributed by atoms with Crippen molar-refractivity contribution in [3.05, 3.63) is 107 Å². The molecular weight excluding hydrogens is 532 g/mol. The molecule has 2 unspecified atom stereocenters. The molecule has 40 heavy (non-hydrogen) atoms. The predicted molar refractivity (Wildman–Crippen MR) is 148 cm³/mol. The Morgan fingerprint density at radius 1 is 0.750 bits per heavy atom. The molecule has 2 aromatic heterocycles. The van der Waals surface area contributed by atoms with Gasteiger partial charge in [0.25, 0.3) is 5.91 Å². The van der Waals surface area contributed by atoms with E-state index in [0.717, 1.165) is 11.1 Å². The second-order valence-corrected chi connectivity index (χ2v) is 9.34. The zero-order chi connectivity index (χ0) is 28.7. The molecular formula is C28H30N6O5S. The molecule has 0 bridgehead atoms. The van der Waals surface area contributed by atoms with Crippen LogP contribution >= 0.6 is 11.3 Å². The van der Waals surface area contributed by atoms with Crippen molar-refractivity contribution in [1.82, 2.24) is 31.2 Å². The molecule has 0 fully saturated rings. The van der Waals surface area contributed by atoms with E-state index in [1.807, 2.05) is 60.7 Å². The summed E-state index contributed by atoms with van der Waals surface area (Å²) >= 11 is 1.34. The number of carbonyl (C=O) groups is 4. The standard InChI is InChI=1S/C14H15N3O3.C14H15N3O2S/c2*1-10(18)17-12(14-15-7-8-20-14)13(19)16-9-11-5-3-2-4-6-11/h2*2-8,12H,9H2,1H3,(H,16,19)(H,17,18). The lowest BCUT2D eigenvalue weighted by molar-refractivity contribution is -0.128. The summed E-state index contributed by atoms with van der Waals surface area (Å²) in [4.78, 5) is 54.7. The highest BCUT2D eigenvalue weighted by atomic mass is 32.1. The number of nitrogens with zero attached hydrogens (tertiary/aromatic N) is 2. The van der Waals surface area contributed by atoms with Gasteiger partial charge in [-0.05, 0) is 11.1 Å². The van der Waals surface area contributed by atoms with E-state index in [-0.39, 0.29) is 29.5 Å². The third-order valence-electron chi connectivity index (χ3n) is 5.24. The third-order valence-corrected chi connectivity index (χ3v) is 6.08. The van der Waals surface area contributed by atoms with Gasteiger partial charge in [-0.3, -0.25) is 19.2 Å². The van der Waals surface area contributed by atoms with Crippen molar-refractivity contribution in [3.8, 4) is 0 Å². The molecule has 0 spiro atoms. The lowest BCUT2D eigenvalue weighted by Crippen LogP contribution is -2.39. The Morgan fingerprint density at radius 3 is 1.73 bits per heavy atom. The van der Waals surface area contributed by atoms with E-state index in [2.05, 4.69) is 31.2 Å². The first-order chi connectivity index (χ1) is 19.3. The Morgan fingerprint density at radius 2 is 1.27 bits per heavy atom. The summed E-state index contributed by atoms with van der Waals surface area (Å²) in [6.07, 6.45) is 4.39. The molecule has 0 radical (unpaired) electrons. The fraction of sp³-hybridized carbons (Fsp3) is 0.214. The number of amides is 4. The van der Waals surface area contributed by atoms with E-state index < -0.39 is 12.1 Å². The highest BCUT2D eigenvalue weighted by molar-refractivity contribution is 7.09. The number of oxazole rings is 1.